The summed E-state index contributed by atoms with van der Waals surface area (Å²) in [5, 5.41) is 11.6. The lowest BCUT2D eigenvalue weighted by Crippen LogP contribution is -2.34. The van der Waals surface area contributed by atoms with Gasteiger partial charge in [-0.2, -0.15) is 5.26 Å². The number of amides is 2. The molecule has 3 rings (SSSR count). The summed E-state index contributed by atoms with van der Waals surface area (Å²) in [7, 11) is 0. The number of anilines is 1. The Labute approximate surface area is 132 Å². The van der Waals surface area contributed by atoms with Crippen molar-refractivity contribution in [2.45, 2.75) is 12.3 Å². The SMILES string of the molecule is Cc1ccc([C@@H]2SCCN2C(=O)Nc2ccc(C#N)cc2)o1. The molecule has 1 saturated heterocycles. The standard InChI is InChI=1S/C16H15N3O2S/c1-11-2-7-14(21-11)15-19(8-9-22-15)16(20)18-13-5-3-12(10-17)4-6-13/h2-7,15H,8-9H2,1H3,(H,18,20)/t15-/m0/s1. The molecular weight excluding hydrogens is 298 g/mol. The van der Waals surface area contributed by atoms with Crippen molar-refractivity contribution >= 4 is 23.5 Å². The largest absolute Gasteiger partial charge is 0.463 e. The first kappa shape index (κ1) is 14.5. The molecule has 22 heavy (non-hydrogen) atoms. The third-order valence-corrected chi connectivity index (χ3v) is 4.64. The first-order chi connectivity index (χ1) is 10.7. The number of nitriles is 1. The normalized spacial score (nSPS) is 17.3. The molecule has 0 radical (unpaired) electrons. The molecule has 0 unspecified atom stereocenters. The van der Waals surface area contributed by atoms with E-state index in [0.717, 1.165) is 17.3 Å². The van der Waals surface area contributed by atoms with Crippen LogP contribution in [-0.2, 0) is 0 Å². The van der Waals surface area contributed by atoms with E-state index in [-0.39, 0.29) is 11.4 Å². The van der Waals surface area contributed by atoms with Gasteiger partial charge in [-0.05, 0) is 43.3 Å². The Hall–Kier alpha value is -2.39. The molecule has 6 heteroatoms. The lowest BCUT2D eigenvalue weighted by molar-refractivity contribution is 0.209. The summed E-state index contributed by atoms with van der Waals surface area (Å²) in [5.74, 6) is 2.52. The summed E-state index contributed by atoms with van der Waals surface area (Å²) in [6.07, 6.45) is 0. The molecule has 1 aliphatic heterocycles. The fourth-order valence-electron chi connectivity index (χ4n) is 2.32. The summed E-state index contributed by atoms with van der Waals surface area (Å²) in [4.78, 5) is 14.2. The number of benzene rings is 1. The van der Waals surface area contributed by atoms with Crippen LogP contribution in [0.2, 0.25) is 0 Å². The van der Waals surface area contributed by atoms with Gasteiger partial charge in [-0.15, -0.1) is 11.8 Å². The van der Waals surface area contributed by atoms with Crippen LogP contribution in [-0.4, -0.2) is 23.2 Å². The van der Waals surface area contributed by atoms with Crippen LogP contribution in [0.5, 0.6) is 0 Å². The van der Waals surface area contributed by atoms with Crippen molar-refractivity contribution in [3.63, 3.8) is 0 Å². The summed E-state index contributed by atoms with van der Waals surface area (Å²) >= 11 is 1.69. The van der Waals surface area contributed by atoms with Gasteiger partial charge >= 0.3 is 6.03 Å². The fourth-order valence-corrected chi connectivity index (χ4v) is 3.52. The summed E-state index contributed by atoms with van der Waals surface area (Å²) in [6, 6.07) is 12.5. The van der Waals surface area contributed by atoms with E-state index in [1.165, 1.54) is 0 Å². The molecule has 1 aromatic carbocycles. The Balaban J connectivity index is 1.72. The predicted molar refractivity (Wildman–Crippen MR) is 85.5 cm³/mol. The lowest BCUT2D eigenvalue weighted by atomic mass is 10.2. The molecule has 1 N–H and O–H groups in total. The molecule has 112 valence electrons. The molecule has 0 saturated carbocycles. The number of hydrogen-bond donors (Lipinski definition) is 1. The minimum Gasteiger partial charge on any atom is -0.463 e. The van der Waals surface area contributed by atoms with Crippen LogP contribution in [0, 0.1) is 18.3 Å². The van der Waals surface area contributed by atoms with Gasteiger partial charge in [0.15, 0.2) is 0 Å². The molecule has 0 spiro atoms. The van der Waals surface area contributed by atoms with Gasteiger partial charge < -0.3 is 14.6 Å². The van der Waals surface area contributed by atoms with E-state index < -0.39 is 0 Å². The van der Waals surface area contributed by atoms with Gasteiger partial charge in [0.25, 0.3) is 0 Å². The maximum Gasteiger partial charge on any atom is 0.323 e. The minimum atomic E-state index is -0.159. The van der Waals surface area contributed by atoms with Gasteiger partial charge in [-0.3, -0.25) is 0 Å². The van der Waals surface area contributed by atoms with Crippen molar-refractivity contribution in [1.29, 1.82) is 5.26 Å². The van der Waals surface area contributed by atoms with Crippen molar-refractivity contribution in [2.75, 3.05) is 17.6 Å². The van der Waals surface area contributed by atoms with Gasteiger partial charge in [0, 0.05) is 18.0 Å². The maximum absolute atomic E-state index is 12.5. The van der Waals surface area contributed by atoms with Gasteiger partial charge in [0.2, 0.25) is 0 Å². The smallest absolute Gasteiger partial charge is 0.323 e. The first-order valence-corrected chi connectivity index (χ1v) is 7.98. The number of thioether (sulfide) groups is 1. The zero-order valence-electron chi connectivity index (χ0n) is 12.1. The molecule has 1 aromatic heterocycles. The third kappa shape index (κ3) is 2.95. The Morgan fingerprint density at radius 3 is 2.77 bits per heavy atom. The van der Waals surface area contributed by atoms with Crippen molar-refractivity contribution in [3.05, 3.63) is 53.5 Å². The second-order valence-electron chi connectivity index (χ2n) is 4.98. The number of rotatable bonds is 2. The molecule has 1 aliphatic rings. The topological polar surface area (TPSA) is 69.3 Å². The average Bonchev–Trinajstić information content (AvgIpc) is 3.16. The van der Waals surface area contributed by atoms with E-state index >= 15 is 0 Å². The van der Waals surface area contributed by atoms with E-state index in [9.17, 15) is 4.79 Å². The van der Waals surface area contributed by atoms with E-state index in [0.29, 0.717) is 17.8 Å². The monoisotopic (exact) mass is 313 g/mol. The Bertz CT molecular complexity index is 718. The van der Waals surface area contributed by atoms with Gasteiger partial charge in [-0.25, -0.2) is 4.79 Å². The molecule has 2 aromatic rings. The number of hydrogen-bond acceptors (Lipinski definition) is 4. The number of carbonyl (C=O) groups excluding carboxylic acids is 1. The van der Waals surface area contributed by atoms with Crippen LogP contribution in [0.4, 0.5) is 10.5 Å². The van der Waals surface area contributed by atoms with Crippen LogP contribution in [0.1, 0.15) is 22.5 Å². The molecule has 1 atom stereocenters. The number of urea groups is 1. The zero-order valence-corrected chi connectivity index (χ0v) is 12.9. The lowest BCUT2D eigenvalue weighted by Gasteiger charge is -2.22. The van der Waals surface area contributed by atoms with Crippen molar-refractivity contribution in [1.82, 2.24) is 4.90 Å². The molecule has 2 amide bonds. The average molecular weight is 313 g/mol. The quantitative estimate of drug-likeness (QED) is 0.917. The van der Waals surface area contributed by atoms with E-state index in [4.69, 9.17) is 9.68 Å². The summed E-state index contributed by atoms with van der Waals surface area (Å²) < 4.78 is 5.65. The molecule has 2 heterocycles. The van der Waals surface area contributed by atoms with E-state index in [2.05, 4.69) is 11.4 Å². The van der Waals surface area contributed by atoms with Gasteiger partial charge in [0.1, 0.15) is 16.9 Å². The van der Waals surface area contributed by atoms with Crippen molar-refractivity contribution < 1.29 is 9.21 Å². The number of nitrogens with one attached hydrogen (secondary N) is 1. The highest BCUT2D eigenvalue weighted by Crippen LogP contribution is 2.38. The Kier molecular flexibility index (Phi) is 4.07. The highest BCUT2D eigenvalue weighted by molar-refractivity contribution is 7.99. The van der Waals surface area contributed by atoms with E-state index in [1.54, 1.807) is 40.9 Å². The second-order valence-corrected chi connectivity index (χ2v) is 6.17. The number of carbonyl (C=O) groups is 1. The summed E-state index contributed by atoms with van der Waals surface area (Å²) in [6.45, 7) is 2.57. The molecule has 5 nitrogen and oxygen atoms in total. The third-order valence-electron chi connectivity index (χ3n) is 3.42. The number of aryl methyl sites for hydroxylation is 1. The van der Waals surface area contributed by atoms with Crippen LogP contribution >= 0.6 is 11.8 Å². The first-order valence-electron chi connectivity index (χ1n) is 6.93. The van der Waals surface area contributed by atoms with Crippen LogP contribution in [0.25, 0.3) is 0 Å². The van der Waals surface area contributed by atoms with E-state index in [1.807, 2.05) is 19.1 Å². The summed E-state index contributed by atoms with van der Waals surface area (Å²) in [5.41, 5.74) is 1.24. The van der Waals surface area contributed by atoms with Crippen LogP contribution in [0.15, 0.2) is 40.8 Å². The zero-order chi connectivity index (χ0) is 15.5. The second kappa shape index (κ2) is 6.16. The molecule has 0 aliphatic carbocycles. The van der Waals surface area contributed by atoms with Crippen LogP contribution in [0.3, 0.4) is 0 Å². The Morgan fingerprint density at radius 1 is 1.36 bits per heavy atom. The minimum absolute atomic E-state index is 0.0907. The number of furan rings is 1. The van der Waals surface area contributed by atoms with Crippen LogP contribution < -0.4 is 5.32 Å². The molecule has 0 bridgehead atoms. The predicted octanol–water partition coefficient (Wildman–Crippen LogP) is 3.74. The van der Waals surface area contributed by atoms with Crippen molar-refractivity contribution in [2.24, 2.45) is 0 Å². The molecule has 1 fully saturated rings. The number of nitrogens with zero attached hydrogens (tertiary/aromatic N) is 2. The highest BCUT2D eigenvalue weighted by Gasteiger charge is 2.32. The van der Waals surface area contributed by atoms with Gasteiger partial charge in [0.05, 0.1) is 11.6 Å². The maximum atomic E-state index is 12.5. The molecular formula is C16H15N3O2S. The Morgan fingerprint density at radius 2 is 2.14 bits per heavy atom. The highest BCUT2D eigenvalue weighted by atomic mass is 32.2. The van der Waals surface area contributed by atoms with Gasteiger partial charge in [-0.1, -0.05) is 0 Å². The van der Waals surface area contributed by atoms with Crippen molar-refractivity contribution in [3.8, 4) is 6.07 Å². The fraction of sp³-hybridized carbons (Fsp3) is 0.250.